The Labute approximate surface area is 191 Å². The molecule has 33 heavy (non-hydrogen) atoms. The Kier molecular flexibility index (Phi) is 5.76. The van der Waals surface area contributed by atoms with Gasteiger partial charge in [0, 0.05) is 5.56 Å². The van der Waals surface area contributed by atoms with Gasteiger partial charge in [-0.25, -0.2) is 27.3 Å². The van der Waals surface area contributed by atoms with Crippen molar-refractivity contribution in [2.45, 2.75) is 31.3 Å². The van der Waals surface area contributed by atoms with E-state index >= 15 is 0 Å². The molecule has 0 atom stereocenters. The molecule has 2 aromatic carbocycles. The highest BCUT2D eigenvalue weighted by molar-refractivity contribution is 7.92. The van der Waals surface area contributed by atoms with Gasteiger partial charge in [0.1, 0.15) is 11.4 Å². The topological polar surface area (TPSA) is 136 Å². The number of carbonyl (C=O) groups excluding carboxylic acids is 1. The molecule has 2 N–H and O–H groups in total. The van der Waals surface area contributed by atoms with E-state index in [1.54, 1.807) is 39.0 Å². The molecule has 0 saturated heterocycles. The minimum absolute atomic E-state index is 0.0729. The summed E-state index contributed by atoms with van der Waals surface area (Å²) < 4.78 is 51.4. The number of sulfonamides is 1. The fourth-order valence-electron chi connectivity index (χ4n) is 2.67. The lowest BCUT2D eigenvalue weighted by atomic mass is 10.2. The van der Waals surface area contributed by atoms with Crippen LogP contribution in [0.15, 0.2) is 51.8 Å². The van der Waals surface area contributed by atoms with E-state index in [4.69, 9.17) is 9.15 Å². The monoisotopic (exact) mass is 491 g/mol. The van der Waals surface area contributed by atoms with Gasteiger partial charge in [0.2, 0.25) is 5.89 Å². The van der Waals surface area contributed by atoms with E-state index in [-0.39, 0.29) is 16.8 Å². The Balaban J connectivity index is 1.51. The highest BCUT2D eigenvalue weighted by Gasteiger charge is 2.20. The molecule has 0 spiro atoms. The molecule has 0 bridgehead atoms. The minimum Gasteiger partial charge on any atom is -0.444 e. The number of fused-ring (bicyclic) bond motifs is 1. The molecule has 10 nitrogen and oxygen atoms in total. The molecule has 172 valence electrons. The molecule has 0 aliphatic carbocycles. The number of benzene rings is 2. The largest absolute Gasteiger partial charge is 0.444 e. The Hall–Kier alpha value is -3.58. The van der Waals surface area contributed by atoms with E-state index < -0.39 is 27.5 Å². The Morgan fingerprint density at radius 1 is 1.12 bits per heavy atom. The fraction of sp³-hybridized carbons (Fsp3) is 0.200. The lowest BCUT2D eigenvalue weighted by molar-refractivity contribution is 0.0636. The zero-order valence-corrected chi connectivity index (χ0v) is 19.3. The maximum atomic E-state index is 13.0. The third kappa shape index (κ3) is 5.43. The van der Waals surface area contributed by atoms with Crippen molar-refractivity contribution < 1.29 is 26.8 Å². The van der Waals surface area contributed by atoms with Crippen LogP contribution in [0.4, 0.5) is 20.3 Å². The first-order valence-corrected chi connectivity index (χ1v) is 11.8. The van der Waals surface area contributed by atoms with E-state index in [0.29, 0.717) is 16.2 Å². The Morgan fingerprint density at radius 3 is 2.55 bits per heavy atom. The van der Waals surface area contributed by atoms with Crippen molar-refractivity contribution in [3.05, 3.63) is 48.3 Å². The van der Waals surface area contributed by atoms with Gasteiger partial charge in [0.05, 0.1) is 15.1 Å². The minimum atomic E-state index is -4.03. The first kappa shape index (κ1) is 22.6. The van der Waals surface area contributed by atoms with E-state index in [0.717, 1.165) is 29.0 Å². The summed E-state index contributed by atoms with van der Waals surface area (Å²) in [6.07, 6.45) is -0.614. The Morgan fingerprint density at radius 2 is 1.85 bits per heavy atom. The van der Waals surface area contributed by atoms with E-state index in [9.17, 15) is 17.6 Å². The molecule has 0 saturated carbocycles. The maximum absolute atomic E-state index is 13.0. The standard InChI is InChI=1S/C20H18FN5O5S2/c1-20(2,3)31-19(27)23-18-22-14-9-4-11(10-15(14)32-18)16-24-25-17(30-16)26-33(28,29)13-7-5-12(21)6-8-13/h4-10H,1-3H3,(H,25,26)(H,22,23,27). The number of anilines is 2. The van der Waals surface area contributed by atoms with Crippen molar-refractivity contribution in [2.75, 3.05) is 10.0 Å². The van der Waals surface area contributed by atoms with Crippen LogP contribution in [-0.2, 0) is 14.8 Å². The molecule has 1 amide bonds. The van der Waals surface area contributed by atoms with Gasteiger partial charge >= 0.3 is 12.1 Å². The Bertz CT molecular complexity index is 1430. The highest BCUT2D eigenvalue weighted by atomic mass is 32.2. The SMILES string of the molecule is CC(C)(C)OC(=O)Nc1nc2ccc(-c3nnc(NS(=O)(=O)c4ccc(F)cc4)o3)cc2s1. The number of halogens is 1. The van der Waals surface area contributed by atoms with Crippen LogP contribution in [0.5, 0.6) is 0 Å². The summed E-state index contributed by atoms with van der Waals surface area (Å²) in [5.74, 6) is -0.485. The average molecular weight is 492 g/mol. The van der Waals surface area contributed by atoms with Crippen LogP contribution >= 0.6 is 11.3 Å². The van der Waals surface area contributed by atoms with Crippen molar-refractivity contribution in [1.29, 1.82) is 0 Å². The second-order valence-electron chi connectivity index (χ2n) is 7.80. The van der Waals surface area contributed by atoms with E-state index in [1.807, 2.05) is 0 Å². The number of ether oxygens (including phenoxy) is 1. The molecule has 0 unspecified atom stereocenters. The molecule has 2 heterocycles. The molecular formula is C20H18FN5O5S2. The zero-order valence-electron chi connectivity index (χ0n) is 17.6. The van der Waals surface area contributed by atoms with Crippen LogP contribution in [0.3, 0.4) is 0 Å². The van der Waals surface area contributed by atoms with Crippen LogP contribution in [0.2, 0.25) is 0 Å². The fourth-order valence-corrected chi connectivity index (χ4v) is 4.49. The van der Waals surface area contributed by atoms with Crippen LogP contribution in [-0.4, -0.2) is 35.3 Å². The lowest BCUT2D eigenvalue weighted by Crippen LogP contribution is -2.27. The summed E-state index contributed by atoms with van der Waals surface area (Å²) in [5.41, 5.74) is 0.517. The summed E-state index contributed by atoms with van der Waals surface area (Å²) in [5, 5.41) is 10.5. The third-order valence-electron chi connectivity index (χ3n) is 4.01. The molecule has 0 aliphatic heterocycles. The third-order valence-corrected chi connectivity index (χ3v) is 6.28. The average Bonchev–Trinajstić information content (AvgIpc) is 3.32. The normalized spacial score (nSPS) is 12.0. The van der Waals surface area contributed by atoms with Gasteiger partial charge in [0.25, 0.3) is 10.0 Å². The van der Waals surface area contributed by atoms with E-state index in [2.05, 4.69) is 25.2 Å². The number of nitrogens with zero attached hydrogens (tertiary/aromatic N) is 3. The van der Waals surface area contributed by atoms with Crippen molar-refractivity contribution in [3.8, 4) is 11.5 Å². The second-order valence-corrected chi connectivity index (χ2v) is 10.5. The number of aromatic nitrogens is 3. The summed E-state index contributed by atoms with van der Waals surface area (Å²) in [4.78, 5) is 16.1. The van der Waals surface area contributed by atoms with Gasteiger partial charge in [-0.2, -0.15) is 0 Å². The quantitative estimate of drug-likeness (QED) is 0.412. The number of rotatable bonds is 5. The lowest BCUT2D eigenvalue weighted by Gasteiger charge is -2.18. The molecule has 4 aromatic rings. The summed E-state index contributed by atoms with van der Waals surface area (Å²) in [7, 11) is -4.03. The second kappa shape index (κ2) is 8.41. The van der Waals surface area contributed by atoms with Crippen LogP contribution < -0.4 is 10.0 Å². The molecule has 0 fully saturated rings. The maximum Gasteiger partial charge on any atom is 0.413 e. The van der Waals surface area contributed by atoms with Gasteiger partial charge in [-0.05, 0) is 63.2 Å². The molecule has 2 aromatic heterocycles. The molecule has 0 aliphatic rings. The van der Waals surface area contributed by atoms with Crippen molar-refractivity contribution in [1.82, 2.24) is 15.2 Å². The summed E-state index contributed by atoms with van der Waals surface area (Å²) in [6.45, 7) is 5.28. The molecule has 4 rings (SSSR count). The van der Waals surface area contributed by atoms with E-state index in [1.165, 1.54) is 11.3 Å². The van der Waals surface area contributed by atoms with Crippen molar-refractivity contribution in [2.24, 2.45) is 0 Å². The summed E-state index contributed by atoms with van der Waals surface area (Å²) in [6, 6.07) is 9.06. The van der Waals surface area contributed by atoms with Gasteiger partial charge in [0.15, 0.2) is 5.13 Å². The molecule has 13 heteroatoms. The van der Waals surface area contributed by atoms with Gasteiger partial charge in [-0.1, -0.05) is 16.4 Å². The number of hydrogen-bond acceptors (Lipinski definition) is 9. The number of nitrogens with one attached hydrogen (secondary N) is 2. The first-order valence-electron chi connectivity index (χ1n) is 9.51. The first-order chi connectivity index (χ1) is 15.5. The number of amides is 1. The number of carbonyl (C=O) groups is 1. The molecule has 0 radical (unpaired) electrons. The van der Waals surface area contributed by atoms with Crippen molar-refractivity contribution >= 4 is 48.8 Å². The van der Waals surface area contributed by atoms with Gasteiger partial charge in [-0.15, -0.1) is 5.10 Å². The number of thiazole rings is 1. The highest BCUT2D eigenvalue weighted by Crippen LogP contribution is 2.31. The predicted molar refractivity (Wildman–Crippen MR) is 120 cm³/mol. The van der Waals surface area contributed by atoms with Crippen LogP contribution in [0.1, 0.15) is 20.8 Å². The summed E-state index contributed by atoms with van der Waals surface area (Å²) >= 11 is 1.22. The van der Waals surface area contributed by atoms with Gasteiger partial charge in [-0.3, -0.25) is 5.32 Å². The van der Waals surface area contributed by atoms with Crippen LogP contribution in [0.25, 0.3) is 21.7 Å². The van der Waals surface area contributed by atoms with Crippen molar-refractivity contribution in [3.63, 3.8) is 0 Å². The van der Waals surface area contributed by atoms with Crippen LogP contribution in [0, 0.1) is 5.82 Å². The number of hydrogen-bond donors (Lipinski definition) is 2. The molecular weight excluding hydrogens is 473 g/mol. The smallest absolute Gasteiger partial charge is 0.413 e. The van der Waals surface area contributed by atoms with Gasteiger partial charge < -0.3 is 9.15 Å². The predicted octanol–water partition coefficient (Wildman–Crippen LogP) is 4.63. The zero-order chi connectivity index (χ0) is 23.8.